The minimum atomic E-state index is -0.498. The van der Waals surface area contributed by atoms with E-state index in [4.69, 9.17) is 4.52 Å². The number of rotatable bonds is 6. The van der Waals surface area contributed by atoms with Gasteiger partial charge in [0.25, 0.3) is 5.89 Å². The monoisotopic (exact) mass is 390 g/mol. The third kappa shape index (κ3) is 4.53. The third-order valence-electron chi connectivity index (χ3n) is 4.14. The summed E-state index contributed by atoms with van der Waals surface area (Å²) in [6.45, 7) is 3.90. The highest BCUT2D eigenvalue weighted by molar-refractivity contribution is 5.96. The van der Waals surface area contributed by atoms with Gasteiger partial charge in [-0.15, -0.1) is 12.4 Å². The number of aryl methyl sites for hydroxylation is 3. The Kier molecular flexibility index (Phi) is 6.70. The minimum absolute atomic E-state index is 0. The van der Waals surface area contributed by atoms with Crippen molar-refractivity contribution in [2.75, 3.05) is 12.4 Å². The summed E-state index contributed by atoms with van der Waals surface area (Å²) in [4.78, 5) is 17.1. The number of anilines is 1. The van der Waals surface area contributed by atoms with Crippen LogP contribution in [0.2, 0.25) is 0 Å². The molecular formula is C18H23ClN6O2. The van der Waals surface area contributed by atoms with E-state index in [-0.39, 0.29) is 18.3 Å². The van der Waals surface area contributed by atoms with E-state index < -0.39 is 6.04 Å². The van der Waals surface area contributed by atoms with Crippen molar-refractivity contribution >= 4 is 24.0 Å². The van der Waals surface area contributed by atoms with Crippen molar-refractivity contribution in [3.05, 3.63) is 47.5 Å². The number of likely N-dealkylation sites (N-methyl/N-ethyl adjacent to an activating group) is 1. The van der Waals surface area contributed by atoms with Crippen LogP contribution in [0.1, 0.15) is 29.9 Å². The molecule has 144 valence electrons. The summed E-state index contributed by atoms with van der Waals surface area (Å²) in [5, 5.41) is 14.0. The lowest BCUT2D eigenvalue weighted by molar-refractivity contribution is -0.118. The predicted molar refractivity (Wildman–Crippen MR) is 105 cm³/mol. The van der Waals surface area contributed by atoms with Gasteiger partial charge in [-0.3, -0.25) is 9.48 Å². The average molecular weight is 391 g/mol. The van der Waals surface area contributed by atoms with E-state index in [1.165, 1.54) is 0 Å². The summed E-state index contributed by atoms with van der Waals surface area (Å²) in [7, 11) is 3.56. The van der Waals surface area contributed by atoms with E-state index >= 15 is 0 Å². The average Bonchev–Trinajstić information content (AvgIpc) is 3.27. The van der Waals surface area contributed by atoms with Crippen LogP contribution in [0.25, 0.3) is 11.5 Å². The standard InChI is InChI=1S/C18H22N6O2.ClH/c1-5-15-22-18(26-23-15)12-7-6-11(2)14(8-12)21-17(25)16(19-3)13-9-20-24(4)10-13;/h6-10,16,19H,5H2,1-4H3,(H,21,25);1H. The number of amides is 1. The zero-order chi connectivity index (χ0) is 18.7. The summed E-state index contributed by atoms with van der Waals surface area (Å²) in [5.41, 5.74) is 3.21. The highest BCUT2D eigenvalue weighted by Gasteiger charge is 2.21. The van der Waals surface area contributed by atoms with Gasteiger partial charge in [-0.1, -0.05) is 18.1 Å². The van der Waals surface area contributed by atoms with E-state index in [2.05, 4.69) is 25.9 Å². The lowest BCUT2D eigenvalue weighted by atomic mass is 10.1. The van der Waals surface area contributed by atoms with Gasteiger partial charge in [0.1, 0.15) is 6.04 Å². The van der Waals surface area contributed by atoms with E-state index in [1.807, 2.05) is 45.3 Å². The zero-order valence-electron chi connectivity index (χ0n) is 15.7. The van der Waals surface area contributed by atoms with Gasteiger partial charge >= 0.3 is 0 Å². The van der Waals surface area contributed by atoms with E-state index in [0.717, 1.165) is 16.7 Å². The smallest absolute Gasteiger partial charge is 0.257 e. The highest BCUT2D eigenvalue weighted by atomic mass is 35.5. The second-order valence-corrected chi connectivity index (χ2v) is 6.06. The molecule has 2 aromatic heterocycles. The van der Waals surface area contributed by atoms with Crippen molar-refractivity contribution in [1.29, 1.82) is 0 Å². The number of benzene rings is 1. The van der Waals surface area contributed by atoms with Crippen LogP contribution in [0.5, 0.6) is 0 Å². The summed E-state index contributed by atoms with van der Waals surface area (Å²) >= 11 is 0. The molecule has 9 heteroatoms. The molecule has 27 heavy (non-hydrogen) atoms. The molecule has 0 saturated heterocycles. The molecule has 2 N–H and O–H groups in total. The van der Waals surface area contributed by atoms with Gasteiger partial charge in [0.15, 0.2) is 5.82 Å². The van der Waals surface area contributed by atoms with Gasteiger partial charge in [0.05, 0.1) is 6.20 Å². The van der Waals surface area contributed by atoms with E-state index in [0.29, 0.717) is 23.8 Å². The molecule has 0 aliphatic carbocycles. The van der Waals surface area contributed by atoms with Crippen molar-refractivity contribution in [1.82, 2.24) is 25.2 Å². The molecule has 1 aromatic carbocycles. The molecule has 3 rings (SSSR count). The first kappa shape index (κ1) is 20.6. The lowest BCUT2D eigenvalue weighted by Crippen LogP contribution is -2.30. The Morgan fingerprint density at radius 1 is 1.37 bits per heavy atom. The molecule has 0 aliphatic heterocycles. The molecule has 3 aromatic rings. The molecule has 0 fully saturated rings. The maximum absolute atomic E-state index is 12.7. The normalized spacial score (nSPS) is 11.7. The van der Waals surface area contributed by atoms with Crippen LogP contribution in [-0.4, -0.2) is 32.9 Å². The summed E-state index contributed by atoms with van der Waals surface area (Å²) in [5.74, 6) is 0.924. The molecule has 1 amide bonds. The predicted octanol–water partition coefficient (Wildman–Crippen LogP) is 2.66. The molecular weight excluding hydrogens is 368 g/mol. The number of halogens is 1. The molecule has 1 unspecified atom stereocenters. The van der Waals surface area contributed by atoms with Crippen LogP contribution in [0.15, 0.2) is 35.1 Å². The van der Waals surface area contributed by atoms with Crippen molar-refractivity contribution in [2.24, 2.45) is 7.05 Å². The highest BCUT2D eigenvalue weighted by Crippen LogP contribution is 2.25. The summed E-state index contributed by atoms with van der Waals surface area (Å²) in [6, 6.07) is 5.16. The Morgan fingerprint density at radius 3 is 2.74 bits per heavy atom. The van der Waals surface area contributed by atoms with Crippen LogP contribution in [0, 0.1) is 6.92 Å². The fraction of sp³-hybridized carbons (Fsp3) is 0.333. The van der Waals surface area contributed by atoms with E-state index in [1.54, 1.807) is 17.9 Å². The Hall–Kier alpha value is -2.71. The number of aromatic nitrogens is 4. The largest absolute Gasteiger partial charge is 0.334 e. The number of carbonyl (C=O) groups is 1. The van der Waals surface area contributed by atoms with Crippen LogP contribution in [-0.2, 0) is 18.3 Å². The van der Waals surface area contributed by atoms with Gasteiger partial charge in [-0.05, 0) is 31.7 Å². The Bertz CT molecular complexity index is 920. The number of nitrogens with one attached hydrogen (secondary N) is 2. The van der Waals surface area contributed by atoms with Gasteiger partial charge in [0.2, 0.25) is 5.91 Å². The first-order valence-corrected chi connectivity index (χ1v) is 8.42. The maximum Gasteiger partial charge on any atom is 0.257 e. The Labute approximate surface area is 163 Å². The second-order valence-electron chi connectivity index (χ2n) is 6.06. The van der Waals surface area contributed by atoms with Crippen molar-refractivity contribution < 1.29 is 9.32 Å². The fourth-order valence-electron chi connectivity index (χ4n) is 2.65. The fourth-order valence-corrected chi connectivity index (χ4v) is 2.65. The molecule has 0 saturated carbocycles. The van der Waals surface area contributed by atoms with Gasteiger partial charge in [0, 0.05) is 36.5 Å². The van der Waals surface area contributed by atoms with E-state index in [9.17, 15) is 4.79 Å². The van der Waals surface area contributed by atoms with Crippen LogP contribution in [0.4, 0.5) is 5.69 Å². The van der Waals surface area contributed by atoms with Crippen LogP contribution >= 0.6 is 12.4 Å². The Balaban J connectivity index is 0.00000261. The zero-order valence-corrected chi connectivity index (χ0v) is 16.5. The van der Waals surface area contributed by atoms with Crippen molar-refractivity contribution in [3.63, 3.8) is 0 Å². The number of hydrogen-bond donors (Lipinski definition) is 2. The van der Waals surface area contributed by atoms with Crippen molar-refractivity contribution in [3.8, 4) is 11.5 Å². The molecule has 0 spiro atoms. The van der Waals surface area contributed by atoms with Gasteiger partial charge in [-0.25, -0.2) is 0 Å². The molecule has 0 bridgehead atoms. The molecule has 2 heterocycles. The number of nitrogens with zero attached hydrogens (tertiary/aromatic N) is 4. The number of carbonyl (C=O) groups excluding carboxylic acids is 1. The molecule has 0 radical (unpaired) electrons. The molecule has 1 atom stereocenters. The van der Waals surface area contributed by atoms with Gasteiger partial charge < -0.3 is 15.2 Å². The van der Waals surface area contributed by atoms with Gasteiger partial charge in [-0.2, -0.15) is 10.1 Å². The Morgan fingerprint density at radius 2 is 2.15 bits per heavy atom. The molecule has 8 nitrogen and oxygen atoms in total. The first-order valence-electron chi connectivity index (χ1n) is 8.42. The summed E-state index contributed by atoms with van der Waals surface area (Å²) in [6.07, 6.45) is 4.19. The summed E-state index contributed by atoms with van der Waals surface area (Å²) < 4.78 is 6.95. The van der Waals surface area contributed by atoms with Crippen LogP contribution in [0.3, 0.4) is 0 Å². The third-order valence-corrected chi connectivity index (χ3v) is 4.14. The van der Waals surface area contributed by atoms with Crippen molar-refractivity contribution in [2.45, 2.75) is 26.3 Å². The topological polar surface area (TPSA) is 97.9 Å². The maximum atomic E-state index is 12.7. The molecule has 0 aliphatic rings. The lowest BCUT2D eigenvalue weighted by Gasteiger charge is -2.16. The van der Waals surface area contributed by atoms with Crippen LogP contribution < -0.4 is 10.6 Å². The second kappa shape index (κ2) is 8.79. The SMILES string of the molecule is CCc1noc(-c2ccc(C)c(NC(=O)C(NC)c3cnn(C)c3)c2)n1.Cl. The number of hydrogen-bond acceptors (Lipinski definition) is 6. The minimum Gasteiger partial charge on any atom is -0.334 e. The quantitative estimate of drug-likeness (QED) is 0.671. The first-order chi connectivity index (χ1) is 12.5.